The van der Waals surface area contributed by atoms with Gasteiger partial charge >= 0.3 is 0 Å². The molecule has 2 aromatic rings. The number of amides is 1. The lowest BCUT2D eigenvalue weighted by molar-refractivity contribution is 0.0945. The molecular weight excluding hydrogens is 254 g/mol. The summed E-state index contributed by atoms with van der Waals surface area (Å²) in [5.74, 6) is 4.91. The summed E-state index contributed by atoms with van der Waals surface area (Å²) in [6.45, 7) is 0.113. The fraction of sp³-hybridized carbons (Fsp3) is 0.133. The van der Waals surface area contributed by atoms with Gasteiger partial charge in [0.15, 0.2) is 0 Å². The third-order valence-electron chi connectivity index (χ3n) is 2.50. The van der Waals surface area contributed by atoms with Gasteiger partial charge in [-0.05, 0) is 23.8 Å². The third kappa shape index (κ3) is 3.64. The maximum atomic E-state index is 12.1. The van der Waals surface area contributed by atoms with Crippen LogP contribution in [0.5, 0.6) is 0 Å². The highest BCUT2D eigenvalue weighted by molar-refractivity contribution is 5.94. The minimum Gasteiger partial charge on any atom is -0.384 e. The Morgan fingerprint density at radius 1 is 1.30 bits per heavy atom. The van der Waals surface area contributed by atoms with Crippen molar-refractivity contribution in [2.24, 2.45) is 0 Å². The lowest BCUT2D eigenvalue weighted by Gasteiger charge is -2.05. The van der Waals surface area contributed by atoms with Gasteiger partial charge in [-0.2, -0.15) is 0 Å². The first kappa shape index (κ1) is 13.7. The number of hydrogen-bond donors (Lipinski definition) is 2. The fourth-order valence-corrected chi connectivity index (χ4v) is 1.59. The topological polar surface area (TPSA) is 75.1 Å². The van der Waals surface area contributed by atoms with Gasteiger partial charge < -0.3 is 10.4 Å². The van der Waals surface area contributed by atoms with Crippen molar-refractivity contribution in [2.45, 2.75) is 6.54 Å². The smallest absolute Gasteiger partial charge is 0.271 e. The van der Waals surface area contributed by atoms with E-state index in [0.717, 1.165) is 5.56 Å². The lowest BCUT2D eigenvalue weighted by Crippen LogP contribution is -2.24. The Labute approximate surface area is 116 Å². The molecule has 0 unspecified atom stereocenters. The molecule has 20 heavy (non-hydrogen) atoms. The van der Waals surface area contributed by atoms with Crippen molar-refractivity contribution >= 4 is 5.91 Å². The summed E-state index contributed by atoms with van der Waals surface area (Å²) in [5.41, 5.74) is 1.64. The number of carbonyl (C=O) groups is 1. The van der Waals surface area contributed by atoms with Gasteiger partial charge in [-0.1, -0.05) is 17.9 Å². The molecule has 0 aliphatic carbocycles. The number of aliphatic hydroxyl groups excluding tert-OH is 1. The highest BCUT2D eigenvalue weighted by atomic mass is 16.2. The molecular formula is C15H13N3O2. The SMILES string of the molecule is O=C(NCc1cccnc1)c1ncccc1C#CCO. The molecule has 0 atom stereocenters. The molecule has 5 heteroatoms. The number of aliphatic hydroxyl groups is 1. The van der Waals surface area contributed by atoms with Gasteiger partial charge in [-0.25, -0.2) is 4.98 Å². The predicted molar refractivity (Wildman–Crippen MR) is 73.6 cm³/mol. The Morgan fingerprint density at radius 3 is 2.90 bits per heavy atom. The first-order valence-electron chi connectivity index (χ1n) is 6.03. The number of pyridine rings is 2. The van der Waals surface area contributed by atoms with Crippen molar-refractivity contribution in [3.8, 4) is 11.8 Å². The van der Waals surface area contributed by atoms with Gasteiger partial charge in [0, 0.05) is 25.1 Å². The largest absolute Gasteiger partial charge is 0.384 e. The molecule has 5 nitrogen and oxygen atoms in total. The highest BCUT2D eigenvalue weighted by Gasteiger charge is 2.10. The molecule has 100 valence electrons. The van der Waals surface area contributed by atoms with Gasteiger partial charge in [-0.3, -0.25) is 9.78 Å². The monoisotopic (exact) mass is 267 g/mol. The molecule has 2 aromatic heterocycles. The third-order valence-corrected chi connectivity index (χ3v) is 2.50. The van der Waals surface area contributed by atoms with Crippen molar-refractivity contribution in [3.63, 3.8) is 0 Å². The molecule has 2 N–H and O–H groups in total. The molecule has 0 spiro atoms. The Hall–Kier alpha value is -2.71. The maximum absolute atomic E-state index is 12.1. The van der Waals surface area contributed by atoms with Crippen molar-refractivity contribution in [1.29, 1.82) is 0 Å². The van der Waals surface area contributed by atoms with Crippen LogP contribution in [0.3, 0.4) is 0 Å². The van der Waals surface area contributed by atoms with Crippen molar-refractivity contribution < 1.29 is 9.90 Å². The Kier molecular flexibility index (Phi) is 4.81. The zero-order valence-electron chi connectivity index (χ0n) is 10.7. The summed E-state index contributed by atoms with van der Waals surface area (Å²) >= 11 is 0. The minimum atomic E-state index is -0.309. The number of nitrogens with one attached hydrogen (secondary N) is 1. The summed E-state index contributed by atoms with van der Waals surface area (Å²) in [7, 11) is 0. The van der Waals surface area contributed by atoms with Crippen LogP contribution in [0.4, 0.5) is 0 Å². The normalized spacial score (nSPS) is 9.45. The van der Waals surface area contributed by atoms with Gasteiger partial charge in [-0.15, -0.1) is 0 Å². The van der Waals surface area contributed by atoms with E-state index in [1.807, 2.05) is 6.07 Å². The van der Waals surface area contributed by atoms with Crippen molar-refractivity contribution in [1.82, 2.24) is 15.3 Å². The van der Waals surface area contributed by atoms with E-state index in [-0.39, 0.29) is 18.2 Å². The molecule has 2 rings (SSSR count). The molecule has 2 heterocycles. The van der Waals surface area contributed by atoms with Crippen LogP contribution in [0.1, 0.15) is 21.6 Å². The van der Waals surface area contributed by atoms with Crippen LogP contribution in [0, 0.1) is 11.8 Å². The van der Waals surface area contributed by atoms with Gasteiger partial charge in [0.05, 0.1) is 5.56 Å². The van der Waals surface area contributed by atoms with Gasteiger partial charge in [0.25, 0.3) is 5.91 Å². The quantitative estimate of drug-likeness (QED) is 0.805. The summed E-state index contributed by atoms with van der Waals surface area (Å²) < 4.78 is 0. The van der Waals surface area contributed by atoms with Gasteiger partial charge in [0.1, 0.15) is 12.3 Å². The highest BCUT2D eigenvalue weighted by Crippen LogP contribution is 2.04. The summed E-state index contributed by atoms with van der Waals surface area (Å²) in [5, 5.41) is 11.5. The molecule has 1 amide bonds. The van der Waals surface area contributed by atoms with E-state index >= 15 is 0 Å². The maximum Gasteiger partial charge on any atom is 0.271 e. The second-order valence-corrected chi connectivity index (χ2v) is 3.90. The van der Waals surface area contributed by atoms with Crippen LogP contribution in [0.2, 0.25) is 0 Å². The van der Waals surface area contributed by atoms with Crippen molar-refractivity contribution in [2.75, 3.05) is 6.61 Å². The van der Waals surface area contributed by atoms with Crippen LogP contribution in [-0.4, -0.2) is 27.6 Å². The molecule has 0 aliphatic rings. The first-order valence-corrected chi connectivity index (χ1v) is 6.03. The van der Waals surface area contributed by atoms with E-state index in [1.54, 1.807) is 30.6 Å². The average molecular weight is 267 g/mol. The van der Waals surface area contributed by atoms with Crippen LogP contribution >= 0.6 is 0 Å². The summed E-state index contributed by atoms with van der Waals surface area (Å²) in [6, 6.07) is 7.06. The van der Waals surface area contributed by atoms with E-state index in [4.69, 9.17) is 5.11 Å². The number of rotatable bonds is 3. The molecule has 0 fully saturated rings. The average Bonchev–Trinajstić information content (AvgIpc) is 2.52. The number of hydrogen-bond acceptors (Lipinski definition) is 4. The number of nitrogens with zero attached hydrogens (tertiary/aromatic N) is 2. The second-order valence-electron chi connectivity index (χ2n) is 3.90. The fourth-order valence-electron chi connectivity index (χ4n) is 1.59. The van der Waals surface area contributed by atoms with Crippen LogP contribution in [0.25, 0.3) is 0 Å². The molecule has 0 aliphatic heterocycles. The molecule has 0 bridgehead atoms. The van der Waals surface area contributed by atoms with E-state index in [9.17, 15) is 4.79 Å². The summed E-state index contributed by atoms with van der Waals surface area (Å²) in [6.07, 6.45) is 4.89. The molecule has 0 saturated heterocycles. The van der Waals surface area contributed by atoms with E-state index in [0.29, 0.717) is 12.1 Å². The molecule has 0 radical (unpaired) electrons. The first-order chi connectivity index (χ1) is 9.81. The lowest BCUT2D eigenvalue weighted by atomic mass is 10.2. The Morgan fingerprint density at radius 2 is 2.15 bits per heavy atom. The zero-order valence-corrected chi connectivity index (χ0v) is 10.7. The number of aromatic nitrogens is 2. The van der Waals surface area contributed by atoms with Crippen LogP contribution in [0.15, 0.2) is 42.9 Å². The predicted octanol–water partition coefficient (Wildman–Crippen LogP) is 0.750. The second kappa shape index (κ2) is 7.02. The van der Waals surface area contributed by atoms with Crippen molar-refractivity contribution in [3.05, 3.63) is 59.7 Å². The van der Waals surface area contributed by atoms with Crippen LogP contribution in [-0.2, 0) is 6.54 Å². The zero-order chi connectivity index (χ0) is 14.2. The van der Waals surface area contributed by atoms with Crippen LogP contribution < -0.4 is 5.32 Å². The minimum absolute atomic E-state index is 0.248. The number of carbonyl (C=O) groups excluding carboxylic acids is 1. The summed E-state index contributed by atoms with van der Waals surface area (Å²) in [4.78, 5) is 20.1. The van der Waals surface area contributed by atoms with E-state index < -0.39 is 0 Å². The standard InChI is InChI=1S/C15H13N3O2/c19-9-3-6-13-5-2-8-17-14(13)15(20)18-11-12-4-1-7-16-10-12/h1-2,4-5,7-8,10,19H,9,11H2,(H,18,20). The van der Waals surface area contributed by atoms with Gasteiger partial charge in [0.2, 0.25) is 0 Å². The Balaban J connectivity index is 2.09. The van der Waals surface area contributed by atoms with E-state index in [1.165, 1.54) is 6.20 Å². The molecule has 0 saturated carbocycles. The Bertz CT molecular complexity index is 645. The molecule has 0 aromatic carbocycles. The van der Waals surface area contributed by atoms with E-state index in [2.05, 4.69) is 27.1 Å².